The Kier molecular flexibility index (Phi) is 7.58. The molecule has 0 atom stereocenters. The van der Waals surface area contributed by atoms with Crippen LogP contribution in [0.15, 0.2) is 54.6 Å². The first-order valence-corrected chi connectivity index (χ1v) is 9.37. The van der Waals surface area contributed by atoms with Crippen LogP contribution in [0.4, 0.5) is 5.69 Å². The van der Waals surface area contributed by atoms with Gasteiger partial charge >= 0.3 is 0 Å². The Morgan fingerprint density at radius 2 is 1.61 bits per heavy atom. The summed E-state index contributed by atoms with van der Waals surface area (Å²) in [5.74, 6) is 0.498. The second-order valence-corrected chi connectivity index (χ2v) is 7.40. The number of anilines is 1. The minimum Gasteiger partial charge on any atom is -0.455 e. The van der Waals surface area contributed by atoms with E-state index in [2.05, 4.69) is 10.6 Å². The van der Waals surface area contributed by atoms with E-state index in [9.17, 15) is 9.59 Å². The fourth-order valence-corrected chi connectivity index (χ4v) is 2.47. The maximum absolute atomic E-state index is 12.8. The lowest BCUT2D eigenvalue weighted by atomic mass is 9.91. The van der Waals surface area contributed by atoms with Crippen molar-refractivity contribution in [1.82, 2.24) is 10.2 Å². The molecule has 0 unspecified atom stereocenters. The lowest BCUT2D eigenvalue weighted by molar-refractivity contribution is -0.138. The van der Waals surface area contributed by atoms with Crippen molar-refractivity contribution in [3.05, 3.63) is 54.6 Å². The van der Waals surface area contributed by atoms with Gasteiger partial charge in [0.25, 0.3) is 0 Å². The van der Waals surface area contributed by atoms with Crippen LogP contribution in [-0.4, -0.2) is 43.9 Å². The molecule has 0 spiro atoms. The van der Waals surface area contributed by atoms with Crippen molar-refractivity contribution in [3.8, 4) is 11.5 Å². The zero-order valence-corrected chi connectivity index (χ0v) is 17.0. The highest BCUT2D eigenvalue weighted by molar-refractivity contribution is 6.10. The summed E-state index contributed by atoms with van der Waals surface area (Å²) in [6.07, 6.45) is 0.824. The molecule has 0 heterocycles. The Labute approximate surface area is 166 Å². The maximum atomic E-state index is 12.8. The summed E-state index contributed by atoms with van der Waals surface area (Å²) in [6, 6.07) is 16.5. The number of rotatable bonds is 9. The summed E-state index contributed by atoms with van der Waals surface area (Å²) in [5, 5.41) is 5.67. The van der Waals surface area contributed by atoms with Gasteiger partial charge in [-0.05, 0) is 65.2 Å². The van der Waals surface area contributed by atoms with Gasteiger partial charge in [0.1, 0.15) is 11.2 Å². The van der Waals surface area contributed by atoms with E-state index in [0.717, 1.165) is 13.0 Å². The Morgan fingerprint density at radius 1 is 0.964 bits per heavy atom. The van der Waals surface area contributed by atoms with Crippen molar-refractivity contribution in [2.45, 2.75) is 20.3 Å². The lowest BCUT2D eigenvalue weighted by Gasteiger charge is -2.23. The van der Waals surface area contributed by atoms with E-state index < -0.39 is 5.41 Å². The van der Waals surface area contributed by atoms with Gasteiger partial charge in [-0.25, -0.2) is 0 Å². The summed E-state index contributed by atoms with van der Waals surface area (Å²) >= 11 is 0. The van der Waals surface area contributed by atoms with Crippen molar-refractivity contribution < 1.29 is 14.3 Å². The van der Waals surface area contributed by atoms with E-state index >= 15 is 0 Å². The second-order valence-electron chi connectivity index (χ2n) is 7.40. The molecule has 0 radical (unpaired) electrons. The third-order valence-electron chi connectivity index (χ3n) is 4.31. The molecule has 6 nitrogen and oxygen atoms in total. The number of ether oxygens (including phenoxy) is 1. The van der Waals surface area contributed by atoms with Crippen LogP contribution in [0, 0.1) is 5.41 Å². The molecule has 6 heteroatoms. The highest BCUT2D eigenvalue weighted by atomic mass is 16.5. The number of para-hydroxylation sites is 3. The molecular formula is C22H29N3O3. The molecule has 0 aromatic heterocycles. The molecule has 2 aromatic rings. The predicted octanol–water partition coefficient (Wildman–Crippen LogP) is 3.51. The van der Waals surface area contributed by atoms with Crippen LogP contribution in [0.3, 0.4) is 0 Å². The summed E-state index contributed by atoms with van der Waals surface area (Å²) in [5.41, 5.74) is -0.692. The Bertz CT molecular complexity index is 789. The first kappa shape index (κ1) is 21.4. The number of nitrogens with one attached hydrogen (secondary N) is 2. The van der Waals surface area contributed by atoms with Crippen LogP contribution >= 0.6 is 0 Å². The second kappa shape index (κ2) is 9.90. The third-order valence-corrected chi connectivity index (χ3v) is 4.31. The van der Waals surface area contributed by atoms with E-state index in [4.69, 9.17) is 4.74 Å². The fourth-order valence-electron chi connectivity index (χ4n) is 2.47. The Balaban J connectivity index is 2.02. The largest absolute Gasteiger partial charge is 0.455 e. The highest BCUT2D eigenvalue weighted by Crippen LogP contribution is 2.30. The van der Waals surface area contributed by atoms with Gasteiger partial charge in [0, 0.05) is 6.54 Å². The first-order valence-electron chi connectivity index (χ1n) is 9.37. The van der Waals surface area contributed by atoms with Crippen LogP contribution in [0.5, 0.6) is 11.5 Å². The monoisotopic (exact) mass is 383 g/mol. The van der Waals surface area contributed by atoms with Crippen molar-refractivity contribution in [2.24, 2.45) is 5.41 Å². The molecule has 0 fully saturated rings. The van der Waals surface area contributed by atoms with Crippen LogP contribution in [0.25, 0.3) is 0 Å². The Morgan fingerprint density at radius 3 is 2.29 bits per heavy atom. The minimum absolute atomic E-state index is 0.301. The molecule has 0 aliphatic heterocycles. The average molecular weight is 383 g/mol. The molecule has 0 aliphatic carbocycles. The SMILES string of the molecule is CN(C)CCCNC(=O)C(C)(C)C(=O)Nc1ccccc1Oc1ccccc1. The Hall–Kier alpha value is -2.86. The van der Waals surface area contributed by atoms with Crippen molar-refractivity contribution in [3.63, 3.8) is 0 Å². The molecule has 2 amide bonds. The first-order chi connectivity index (χ1) is 13.3. The van der Waals surface area contributed by atoms with Gasteiger partial charge in [0.2, 0.25) is 11.8 Å². The predicted molar refractivity (Wildman–Crippen MR) is 112 cm³/mol. The van der Waals surface area contributed by atoms with Crippen molar-refractivity contribution >= 4 is 17.5 Å². The van der Waals surface area contributed by atoms with E-state index in [0.29, 0.717) is 23.7 Å². The summed E-state index contributed by atoms with van der Waals surface area (Å²) in [7, 11) is 3.96. The number of nitrogens with zero attached hydrogens (tertiary/aromatic N) is 1. The highest BCUT2D eigenvalue weighted by Gasteiger charge is 2.36. The fraction of sp³-hybridized carbons (Fsp3) is 0.364. The number of amides is 2. The number of carbonyl (C=O) groups excluding carboxylic acids is 2. The van der Waals surface area contributed by atoms with Gasteiger partial charge < -0.3 is 20.3 Å². The molecule has 2 N–H and O–H groups in total. The zero-order valence-electron chi connectivity index (χ0n) is 17.0. The summed E-state index contributed by atoms with van der Waals surface area (Å²) in [6.45, 7) is 4.63. The molecule has 2 aromatic carbocycles. The molecular weight excluding hydrogens is 354 g/mol. The third kappa shape index (κ3) is 6.09. The van der Waals surface area contributed by atoms with Gasteiger partial charge in [-0.3, -0.25) is 9.59 Å². The molecule has 28 heavy (non-hydrogen) atoms. The van der Waals surface area contributed by atoms with Crippen LogP contribution in [0.1, 0.15) is 20.3 Å². The van der Waals surface area contributed by atoms with E-state index in [1.807, 2.05) is 61.5 Å². The quantitative estimate of drug-likeness (QED) is 0.513. The topological polar surface area (TPSA) is 70.7 Å². The number of carbonyl (C=O) groups is 2. The van der Waals surface area contributed by atoms with Crippen LogP contribution in [0.2, 0.25) is 0 Å². The molecule has 0 saturated heterocycles. The number of benzene rings is 2. The molecule has 0 saturated carbocycles. The van der Waals surface area contributed by atoms with Crippen LogP contribution in [-0.2, 0) is 9.59 Å². The number of hydrogen-bond acceptors (Lipinski definition) is 4. The normalized spacial score (nSPS) is 11.2. The number of hydrogen-bond donors (Lipinski definition) is 2. The minimum atomic E-state index is -1.21. The van der Waals surface area contributed by atoms with Gasteiger partial charge in [0.05, 0.1) is 5.69 Å². The average Bonchev–Trinajstić information content (AvgIpc) is 2.67. The smallest absolute Gasteiger partial charge is 0.239 e. The van der Waals surface area contributed by atoms with Crippen LogP contribution < -0.4 is 15.4 Å². The molecule has 150 valence electrons. The van der Waals surface area contributed by atoms with Gasteiger partial charge in [-0.1, -0.05) is 30.3 Å². The maximum Gasteiger partial charge on any atom is 0.239 e. The molecule has 2 rings (SSSR count). The summed E-state index contributed by atoms with van der Waals surface area (Å²) < 4.78 is 5.87. The lowest BCUT2D eigenvalue weighted by Crippen LogP contribution is -2.45. The zero-order chi connectivity index (χ0) is 20.6. The standard InChI is InChI=1S/C22H29N3O3/c1-22(2,20(26)23-15-10-16-25(3)4)21(27)24-18-13-8-9-14-19(18)28-17-11-6-5-7-12-17/h5-9,11-14H,10,15-16H2,1-4H3,(H,23,26)(H,24,27). The summed E-state index contributed by atoms with van der Waals surface area (Å²) in [4.78, 5) is 27.3. The van der Waals surface area contributed by atoms with Crippen molar-refractivity contribution in [2.75, 3.05) is 32.5 Å². The van der Waals surface area contributed by atoms with Gasteiger partial charge in [-0.15, -0.1) is 0 Å². The van der Waals surface area contributed by atoms with E-state index in [-0.39, 0.29) is 11.8 Å². The molecule has 0 aliphatic rings. The van der Waals surface area contributed by atoms with E-state index in [1.54, 1.807) is 26.0 Å². The van der Waals surface area contributed by atoms with Gasteiger partial charge in [-0.2, -0.15) is 0 Å². The van der Waals surface area contributed by atoms with Gasteiger partial charge in [0.15, 0.2) is 5.75 Å². The van der Waals surface area contributed by atoms with E-state index in [1.165, 1.54) is 0 Å². The van der Waals surface area contributed by atoms with Crippen molar-refractivity contribution in [1.29, 1.82) is 0 Å². The molecule has 0 bridgehead atoms.